The van der Waals surface area contributed by atoms with E-state index in [1.54, 1.807) is 18.5 Å². The highest BCUT2D eigenvalue weighted by Crippen LogP contribution is 2.19. The maximum atomic E-state index is 12.1. The SMILES string of the molecule is Cc1ccccc1-c1noc(=O)n1CC(=O)NCc1cccnc1. The quantitative estimate of drug-likeness (QED) is 0.768. The topological polar surface area (TPSA) is 90.0 Å². The minimum atomic E-state index is -0.662. The zero-order chi connectivity index (χ0) is 16.9. The Kier molecular flexibility index (Phi) is 4.51. The van der Waals surface area contributed by atoms with E-state index in [1.807, 2.05) is 37.3 Å². The Bertz CT molecular complexity index is 899. The van der Waals surface area contributed by atoms with Crippen molar-refractivity contribution >= 4 is 5.91 Å². The first-order valence-corrected chi connectivity index (χ1v) is 7.43. The predicted octanol–water partition coefficient (Wildman–Crippen LogP) is 1.52. The Morgan fingerprint density at radius 1 is 1.25 bits per heavy atom. The summed E-state index contributed by atoms with van der Waals surface area (Å²) in [5.74, 6) is -0.626. The van der Waals surface area contributed by atoms with E-state index in [0.29, 0.717) is 12.4 Å². The summed E-state index contributed by atoms with van der Waals surface area (Å²) in [6.45, 7) is 2.08. The number of rotatable bonds is 5. The van der Waals surface area contributed by atoms with E-state index < -0.39 is 5.76 Å². The third-order valence-corrected chi connectivity index (χ3v) is 3.59. The lowest BCUT2D eigenvalue weighted by Crippen LogP contribution is -2.31. The van der Waals surface area contributed by atoms with Gasteiger partial charge >= 0.3 is 5.76 Å². The lowest BCUT2D eigenvalue weighted by molar-refractivity contribution is -0.121. The molecule has 1 aromatic carbocycles. The third kappa shape index (κ3) is 3.40. The Balaban J connectivity index is 1.76. The first-order valence-electron chi connectivity index (χ1n) is 7.43. The summed E-state index contributed by atoms with van der Waals surface area (Å²) in [7, 11) is 0. The molecule has 7 nitrogen and oxygen atoms in total. The number of nitrogens with zero attached hydrogens (tertiary/aromatic N) is 3. The lowest BCUT2D eigenvalue weighted by atomic mass is 10.1. The van der Waals surface area contributed by atoms with Gasteiger partial charge in [-0.15, -0.1) is 0 Å². The normalized spacial score (nSPS) is 10.5. The molecule has 0 aliphatic rings. The van der Waals surface area contributed by atoms with Crippen LogP contribution in [-0.2, 0) is 17.9 Å². The van der Waals surface area contributed by atoms with E-state index in [1.165, 1.54) is 4.57 Å². The van der Waals surface area contributed by atoms with Crippen molar-refractivity contribution in [1.29, 1.82) is 0 Å². The van der Waals surface area contributed by atoms with Gasteiger partial charge < -0.3 is 5.32 Å². The number of hydrogen-bond acceptors (Lipinski definition) is 5. The van der Waals surface area contributed by atoms with Crippen molar-refractivity contribution in [3.8, 4) is 11.4 Å². The maximum absolute atomic E-state index is 12.1. The largest absolute Gasteiger partial charge is 0.442 e. The van der Waals surface area contributed by atoms with E-state index in [9.17, 15) is 9.59 Å². The molecule has 3 rings (SSSR count). The molecule has 0 saturated carbocycles. The average Bonchev–Trinajstić information content (AvgIpc) is 2.95. The van der Waals surface area contributed by atoms with Crippen molar-refractivity contribution < 1.29 is 9.32 Å². The van der Waals surface area contributed by atoms with Crippen LogP contribution in [0.5, 0.6) is 0 Å². The molecule has 0 saturated heterocycles. The molecule has 122 valence electrons. The number of aromatic nitrogens is 3. The lowest BCUT2D eigenvalue weighted by Gasteiger charge is -2.08. The van der Waals surface area contributed by atoms with Crippen LogP contribution in [0.15, 0.2) is 58.1 Å². The average molecular weight is 324 g/mol. The summed E-state index contributed by atoms with van der Waals surface area (Å²) in [6, 6.07) is 11.1. The first-order chi connectivity index (χ1) is 11.6. The number of carbonyl (C=O) groups is 1. The smallest absolute Gasteiger partial charge is 0.350 e. The molecule has 0 fully saturated rings. The van der Waals surface area contributed by atoms with Gasteiger partial charge in [0.05, 0.1) is 0 Å². The van der Waals surface area contributed by atoms with E-state index in [2.05, 4.69) is 15.5 Å². The van der Waals surface area contributed by atoms with Gasteiger partial charge in [0.25, 0.3) is 0 Å². The van der Waals surface area contributed by atoms with Gasteiger partial charge in [-0.2, -0.15) is 0 Å². The number of nitrogens with one attached hydrogen (secondary N) is 1. The molecule has 2 aromatic heterocycles. The number of hydrogen-bond donors (Lipinski definition) is 1. The summed E-state index contributed by atoms with van der Waals surface area (Å²) >= 11 is 0. The van der Waals surface area contributed by atoms with Crippen LogP contribution in [0.3, 0.4) is 0 Å². The van der Waals surface area contributed by atoms with Gasteiger partial charge in [-0.3, -0.25) is 14.3 Å². The molecule has 0 unspecified atom stereocenters. The molecule has 0 spiro atoms. The zero-order valence-electron chi connectivity index (χ0n) is 13.1. The molecule has 0 bridgehead atoms. The van der Waals surface area contributed by atoms with Crippen LogP contribution < -0.4 is 11.1 Å². The van der Waals surface area contributed by atoms with Crippen LogP contribution in [0.4, 0.5) is 0 Å². The monoisotopic (exact) mass is 324 g/mol. The van der Waals surface area contributed by atoms with Crippen LogP contribution in [0.1, 0.15) is 11.1 Å². The van der Waals surface area contributed by atoms with Crippen molar-refractivity contribution in [2.24, 2.45) is 0 Å². The standard InChI is InChI=1S/C17H16N4O3/c1-12-5-2-3-7-14(12)16-20-24-17(23)21(16)11-15(22)19-10-13-6-4-8-18-9-13/h2-9H,10-11H2,1H3,(H,19,22). The van der Waals surface area contributed by atoms with Gasteiger partial charge in [-0.25, -0.2) is 9.36 Å². The first kappa shape index (κ1) is 15.7. The summed E-state index contributed by atoms with van der Waals surface area (Å²) in [5.41, 5.74) is 2.57. The van der Waals surface area contributed by atoms with Gasteiger partial charge in [0, 0.05) is 24.5 Å². The summed E-state index contributed by atoms with van der Waals surface area (Å²) in [6.07, 6.45) is 3.33. The minimum absolute atomic E-state index is 0.160. The number of pyridine rings is 1. The van der Waals surface area contributed by atoms with E-state index in [-0.39, 0.29) is 12.5 Å². The fraction of sp³-hybridized carbons (Fsp3) is 0.176. The van der Waals surface area contributed by atoms with Crippen molar-refractivity contribution in [3.05, 3.63) is 70.5 Å². The summed E-state index contributed by atoms with van der Waals surface area (Å²) in [4.78, 5) is 28.0. The Labute approximate surface area is 137 Å². The zero-order valence-corrected chi connectivity index (χ0v) is 13.1. The van der Waals surface area contributed by atoms with E-state index in [0.717, 1.165) is 16.7 Å². The molecule has 0 aliphatic heterocycles. The third-order valence-electron chi connectivity index (χ3n) is 3.59. The molecule has 1 amide bonds. The molecule has 7 heteroatoms. The maximum Gasteiger partial charge on any atom is 0.442 e. The molecule has 0 aliphatic carbocycles. The highest BCUT2D eigenvalue weighted by atomic mass is 16.5. The molecular weight excluding hydrogens is 308 g/mol. The molecular formula is C17H16N4O3. The second-order valence-corrected chi connectivity index (χ2v) is 5.31. The molecule has 0 atom stereocenters. The second kappa shape index (κ2) is 6.91. The summed E-state index contributed by atoms with van der Waals surface area (Å²) < 4.78 is 5.96. The van der Waals surface area contributed by atoms with Gasteiger partial charge in [-0.05, 0) is 24.1 Å². The number of carbonyl (C=O) groups excluding carboxylic acids is 1. The predicted molar refractivity (Wildman–Crippen MR) is 87.0 cm³/mol. The van der Waals surface area contributed by atoms with Crippen molar-refractivity contribution in [2.75, 3.05) is 0 Å². The van der Waals surface area contributed by atoms with Crippen LogP contribution in [0.2, 0.25) is 0 Å². The van der Waals surface area contributed by atoms with Crippen molar-refractivity contribution in [2.45, 2.75) is 20.0 Å². The van der Waals surface area contributed by atoms with Crippen molar-refractivity contribution in [3.63, 3.8) is 0 Å². The molecule has 2 heterocycles. The molecule has 1 N–H and O–H groups in total. The van der Waals surface area contributed by atoms with Crippen LogP contribution in [0, 0.1) is 6.92 Å². The van der Waals surface area contributed by atoms with Crippen LogP contribution in [0.25, 0.3) is 11.4 Å². The van der Waals surface area contributed by atoms with Gasteiger partial charge in [0.1, 0.15) is 6.54 Å². The van der Waals surface area contributed by atoms with Crippen LogP contribution in [-0.4, -0.2) is 20.6 Å². The van der Waals surface area contributed by atoms with E-state index in [4.69, 9.17) is 4.52 Å². The van der Waals surface area contributed by atoms with Crippen LogP contribution >= 0.6 is 0 Å². The number of aryl methyl sites for hydroxylation is 1. The Morgan fingerprint density at radius 2 is 2.08 bits per heavy atom. The Morgan fingerprint density at radius 3 is 2.83 bits per heavy atom. The highest BCUT2D eigenvalue weighted by Gasteiger charge is 2.16. The molecule has 24 heavy (non-hydrogen) atoms. The van der Waals surface area contributed by atoms with Crippen molar-refractivity contribution in [1.82, 2.24) is 20.0 Å². The molecule has 0 radical (unpaired) electrons. The fourth-order valence-corrected chi connectivity index (χ4v) is 2.33. The highest BCUT2D eigenvalue weighted by molar-refractivity contribution is 5.76. The van der Waals surface area contributed by atoms with E-state index >= 15 is 0 Å². The number of amides is 1. The Hall–Kier alpha value is -3.22. The fourth-order valence-electron chi connectivity index (χ4n) is 2.33. The van der Waals surface area contributed by atoms with Gasteiger partial charge in [-0.1, -0.05) is 35.5 Å². The summed E-state index contributed by atoms with van der Waals surface area (Å²) in [5, 5.41) is 6.55. The second-order valence-electron chi connectivity index (χ2n) is 5.31. The van der Waals surface area contributed by atoms with Gasteiger partial charge in [0.15, 0.2) is 5.82 Å². The molecule has 3 aromatic rings. The minimum Gasteiger partial charge on any atom is -0.350 e. The van der Waals surface area contributed by atoms with Gasteiger partial charge in [0.2, 0.25) is 5.91 Å². The number of benzene rings is 1.